The van der Waals surface area contributed by atoms with Crippen molar-refractivity contribution in [2.45, 2.75) is 66.5 Å². The minimum Gasteiger partial charge on any atom is -0.377 e. The third kappa shape index (κ3) is 6.44. The van der Waals surface area contributed by atoms with E-state index in [1.165, 1.54) is 17.2 Å². The van der Waals surface area contributed by atoms with E-state index in [1.54, 1.807) is 32.8 Å². The first-order valence-electron chi connectivity index (χ1n) is 9.83. The lowest BCUT2D eigenvalue weighted by atomic mass is 9.92. The van der Waals surface area contributed by atoms with Crippen LogP contribution in [-0.2, 0) is 12.8 Å². The van der Waals surface area contributed by atoms with Gasteiger partial charge in [-0.05, 0) is 60.9 Å². The van der Waals surface area contributed by atoms with E-state index in [2.05, 4.69) is 32.9 Å². The van der Waals surface area contributed by atoms with Crippen molar-refractivity contribution in [3.05, 3.63) is 52.1 Å². The maximum Gasteiger partial charge on any atom is 0.416 e. The Hall–Kier alpha value is -1.71. The standard InChI is InChI=1S/C23H34F3N/c1-8-16(4)13-19-11-12-20(14-18(19)10-3)22(27(6)7)15-21(17(5)9-2)23(24,25)26/h11-12,14-16H,8-10,13H2,1-7H3/b21-17+,22-15-. The van der Waals surface area contributed by atoms with Gasteiger partial charge in [0.25, 0.3) is 0 Å². The van der Waals surface area contributed by atoms with Crippen LogP contribution in [0.15, 0.2) is 35.4 Å². The molecule has 0 aliphatic carbocycles. The van der Waals surface area contributed by atoms with Gasteiger partial charge in [0, 0.05) is 19.8 Å². The quantitative estimate of drug-likeness (QED) is 0.437. The molecule has 1 rings (SSSR count). The van der Waals surface area contributed by atoms with Crippen LogP contribution in [0.1, 0.15) is 64.2 Å². The van der Waals surface area contributed by atoms with Crippen LogP contribution in [0.4, 0.5) is 13.2 Å². The molecule has 0 saturated carbocycles. The van der Waals surface area contributed by atoms with Crippen LogP contribution in [0.25, 0.3) is 5.70 Å². The number of halogens is 3. The Bertz CT molecular complexity index is 681. The summed E-state index contributed by atoms with van der Waals surface area (Å²) in [6.07, 6.45) is 0.303. The molecule has 0 saturated heterocycles. The van der Waals surface area contributed by atoms with Crippen molar-refractivity contribution in [2.75, 3.05) is 14.1 Å². The normalized spacial score (nSPS) is 14.8. The average Bonchev–Trinajstić information content (AvgIpc) is 2.60. The number of hydrogen-bond acceptors (Lipinski definition) is 1. The minimum atomic E-state index is -4.36. The number of benzene rings is 1. The Kier molecular flexibility index (Phi) is 8.64. The Balaban J connectivity index is 3.48. The van der Waals surface area contributed by atoms with Crippen molar-refractivity contribution in [3.63, 3.8) is 0 Å². The van der Waals surface area contributed by atoms with E-state index in [0.29, 0.717) is 23.6 Å². The van der Waals surface area contributed by atoms with Crippen molar-refractivity contribution < 1.29 is 13.2 Å². The highest BCUT2D eigenvalue weighted by Gasteiger charge is 2.34. The summed E-state index contributed by atoms with van der Waals surface area (Å²) < 4.78 is 40.7. The first kappa shape index (κ1) is 23.3. The number of nitrogens with zero attached hydrogens (tertiary/aromatic N) is 1. The molecule has 1 aromatic carbocycles. The minimum absolute atomic E-state index is 0.353. The van der Waals surface area contributed by atoms with E-state index in [9.17, 15) is 13.2 Å². The molecule has 0 bridgehead atoms. The third-order valence-electron chi connectivity index (χ3n) is 5.21. The van der Waals surface area contributed by atoms with Crippen molar-refractivity contribution in [1.82, 2.24) is 4.90 Å². The predicted molar refractivity (Wildman–Crippen MR) is 110 cm³/mol. The molecule has 0 heterocycles. The number of allylic oxidation sites excluding steroid dienone is 3. The summed E-state index contributed by atoms with van der Waals surface area (Å²) in [7, 11) is 3.58. The molecule has 4 heteroatoms. The van der Waals surface area contributed by atoms with Crippen molar-refractivity contribution in [1.29, 1.82) is 0 Å². The molecular formula is C23H34F3N. The smallest absolute Gasteiger partial charge is 0.377 e. The molecule has 152 valence electrons. The van der Waals surface area contributed by atoms with E-state index in [1.807, 2.05) is 6.07 Å². The first-order chi connectivity index (χ1) is 12.5. The number of rotatable bonds is 8. The molecule has 1 atom stereocenters. The van der Waals surface area contributed by atoms with Crippen molar-refractivity contribution >= 4 is 5.70 Å². The second kappa shape index (κ2) is 10.0. The average molecular weight is 382 g/mol. The van der Waals surface area contributed by atoms with Crippen LogP contribution >= 0.6 is 0 Å². The van der Waals surface area contributed by atoms with Gasteiger partial charge in [-0.25, -0.2) is 0 Å². The number of aryl methyl sites for hydroxylation is 1. The van der Waals surface area contributed by atoms with E-state index in [4.69, 9.17) is 0 Å². The van der Waals surface area contributed by atoms with Gasteiger partial charge in [0.15, 0.2) is 0 Å². The zero-order valence-corrected chi connectivity index (χ0v) is 17.8. The Morgan fingerprint density at radius 1 is 1.11 bits per heavy atom. The van der Waals surface area contributed by atoms with Crippen molar-refractivity contribution in [2.24, 2.45) is 5.92 Å². The zero-order chi connectivity index (χ0) is 20.8. The summed E-state index contributed by atoms with van der Waals surface area (Å²) in [4.78, 5) is 1.76. The zero-order valence-electron chi connectivity index (χ0n) is 17.8. The molecule has 0 aliphatic heterocycles. The van der Waals surface area contributed by atoms with Gasteiger partial charge in [-0.3, -0.25) is 0 Å². The first-order valence-corrected chi connectivity index (χ1v) is 9.83. The maximum absolute atomic E-state index is 13.6. The monoisotopic (exact) mass is 381 g/mol. The van der Waals surface area contributed by atoms with Crippen LogP contribution in [0.3, 0.4) is 0 Å². The Morgan fingerprint density at radius 3 is 2.19 bits per heavy atom. The van der Waals surface area contributed by atoms with Crippen molar-refractivity contribution in [3.8, 4) is 0 Å². The number of alkyl halides is 3. The molecule has 0 aromatic heterocycles. The molecule has 0 amide bonds. The fourth-order valence-corrected chi connectivity index (χ4v) is 3.08. The van der Waals surface area contributed by atoms with E-state index in [-0.39, 0.29) is 0 Å². The lowest BCUT2D eigenvalue weighted by molar-refractivity contribution is -0.0890. The van der Waals surface area contributed by atoms with Gasteiger partial charge in [0.1, 0.15) is 0 Å². The predicted octanol–water partition coefficient (Wildman–Crippen LogP) is 7.03. The summed E-state index contributed by atoms with van der Waals surface area (Å²) in [5, 5.41) is 0. The summed E-state index contributed by atoms with van der Waals surface area (Å²) in [6.45, 7) is 9.81. The maximum atomic E-state index is 13.6. The molecule has 1 aromatic rings. The molecule has 1 nitrogen and oxygen atoms in total. The molecule has 0 radical (unpaired) electrons. The molecule has 0 fully saturated rings. The molecule has 27 heavy (non-hydrogen) atoms. The molecule has 0 aliphatic rings. The lowest BCUT2D eigenvalue weighted by Crippen LogP contribution is -2.16. The highest BCUT2D eigenvalue weighted by molar-refractivity contribution is 5.68. The van der Waals surface area contributed by atoms with Gasteiger partial charge in [-0.1, -0.05) is 51.8 Å². The van der Waals surface area contributed by atoms with Crippen LogP contribution in [0.2, 0.25) is 0 Å². The third-order valence-corrected chi connectivity index (χ3v) is 5.21. The highest BCUT2D eigenvalue weighted by Crippen LogP contribution is 2.34. The Labute approximate surface area is 163 Å². The Morgan fingerprint density at radius 2 is 1.74 bits per heavy atom. The van der Waals surface area contributed by atoms with Crippen LogP contribution in [0.5, 0.6) is 0 Å². The topological polar surface area (TPSA) is 3.24 Å². The number of hydrogen-bond donors (Lipinski definition) is 0. The van der Waals surface area contributed by atoms with Gasteiger partial charge in [0.05, 0.1) is 5.57 Å². The van der Waals surface area contributed by atoms with Gasteiger partial charge < -0.3 is 4.90 Å². The summed E-state index contributed by atoms with van der Waals surface area (Å²) in [5.74, 6) is 0.594. The van der Waals surface area contributed by atoms with Gasteiger partial charge in [-0.2, -0.15) is 13.2 Å². The van der Waals surface area contributed by atoms with Crippen LogP contribution < -0.4 is 0 Å². The molecule has 0 spiro atoms. The van der Waals surface area contributed by atoms with E-state index in [0.717, 1.165) is 24.8 Å². The van der Waals surface area contributed by atoms with Gasteiger partial charge >= 0.3 is 6.18 Å². The van der Waals surface area contributed by atoms with E-state index < -0.39 is 11.7 Å². The molecular weight excluding hydrogens is 347 g/mol. The largest absolute Gasteiger partial charge is 0.416 e. The summed E-state index contributed by atoms with van der Waals surface area (Å²) >= 11 is 0. The van der Waals surface area contributed by atoms with Gasteiger partial charge in [0.2, 0.25) is 0 Å². The summed E-state index contributed by atoms with van der Waals surface area (Å²) in [5.41, 5.74) is 3.73. The fourth-order valence-electron chi connectivity index (χ4n) is 3.08. The van der Waals surface area contributed by atoms with Crippen LogP contribution in [0, 0.1) is 5.92 Å². The highest BCUT2D eigenvalue weighted by atomic mass is 19.4. The van der Waals surface area contributed by atoms with E-state index >= 15 is 0 Å². The van der Waals surface area contributed by atoms with Crippen LogP contribution in [-0.4, -0.2) is 25.2 Å². The lowest BCUT2D eigenvalue weighted by Gasteiger charge is -2.22. The second-order valence-corrected chi connectivity index (χ2v) is 7.52. The summed E-state index contributed by atoms with van der Waals surface area (Å²) in [6, 6.07) is 6.10. The second-order valence-electron chi connectivity index (χ2n) is 7.52. The SMILES string of the molecule is CC/C(C)=C(\C=C(\c1ccc(CC(C)CC)c(CC)c1)N(C)C)C(F)(F)F. The molecule has 0 N–H and O–H groups in total. The van der Waals surface area contributed by atoms with Gasteiger partial charge in [-0.15, -0.1) is 0 Å². The molecule has 1 unspecified atom stereocenters. The fraction of sp³-hybridized carbons (Fsp3) is 0.565.